The first kappa shape index (κ1) is 16.0. The van der Waals surface area contributed by atoms with Gasteiger partial charge in [-0.25, -0.2) is 0 Å². The first-order chi connectivity index (χ1) is 12.7. The molecule has 0 aliphatic carbocycles. The van der Waals surface area contributed by atoms with Crippen molar-refractivity contribution in [2.75, 3.05) is 43.5 Å². The van der Waals surface area contributed by atoms with E-state index >= 15 is 0 Å². The highest BCUT2D eigenvalue weighted by molar-refractivity contribution is 5.74. The number of nitrogens with one attached hydrogen (secondary N) is 2. The summed E-state index contributed by atoms with van der Waals surface area (Å²) in [6.45, 7) is 6.81. The molecular weight excluding hydrogens is 322 g/mol. The molecule has 0 aromatic heterocycles. The van der Waals surface area contributed by atoms with Gasteiger partial charge in [0, 0.05) is 43.5 Å². The highest BCUT2D eigenvalue weighted by Crippen LogP contribution is 2.46. The summed E-state index contributed by atoms with van der Waals surface area (Å²) < 4.78 is 5.56. The van der Waals surface area contributed by atoms with Crippen molar-refractivity contribution in [3.05, 3.63) is 47.0 Å². The van der Waals surface area contributed by atoms with Crippen LogP contribution in [0.1, 0.15) is 29.0 Å². The summed E-state index contributed by atoms with van der Waals surface area (Å²) in [4.78, 5) is 2.64. The van der Waals surface area contributed by atoms with Crippen LogP contribution >= 0.6 is 0 Å². The van der Waals surface area contributed by atoms with Crippen molar-refractivity contribution in [2.45, 2.75) is 25.7 Å². The Morgan fingerprint density at radius 2 is 2.12 bits per heavy atom. The van der Waals surface area contributed by atoms with E-state index in [2.05, 4.69) is 46.7 Å². The number of anilines is 3. The first-order valence-electron chi connectivity index (χ1n) is 9.77. The van der Waals surface area contributed by atoms with Gasteiger partial charge in [0.15, 0.2) is 0 Å². The molecule has 0 spiro atoms. The van der Waals surface area contributed by atoms with E-state index in [1.54, 1.807) is 7.11 Å². The summed E-state index contributed by atoms with van der Waals surface area (Å²) in [5.41, 5.74) is 8.05. The maximum Gasteiger partial charge on any atom is 0.142 e. The Hall–Kier alpha value is -2.20. The lowest BCUT2D eigenvalue weighted by atomic mass is 9.80. The maximum atomic E-state index is 5.56. The topological polar surface area (TPSA) is 36.5 Å². The summed E-state index contributed by atoms with van der Waals surface area (Å²) in [7, 11) is 1.74. The summed E-state index contributed by atoms with van der Waals surface area (Å²) in [5, 5.41) is 7.26. The minimum Gasteiger partial charge on any atom is -0.495 e. The molecule has 3 aliphatic rings. The second kappa shape index (κ2) is 6.20. The van der Waals surface area contributed by atoms with Crippen LogP contribution in [0.15, 0.2) is 30.3 Å². The third-order valence-corrected chi connectivity index (χ3v) is 6.24. The van der Waals surface area contributed by atoms with Gasteiger partial charge in [0.05, 0.1) is 12.8 Å². The van der Waals surface area contributed by atoms with Gasteiger partial charge >= 0.3 is 0 Å². The Morgan fingerprint density at radius 1 is 1.19 bits per heavy atom. The van der Waals surface area contributed by atoms with Crippen LogP contribution in [0.3, 0.4) is 0 Å². The predicted octanol–water partition coefficient (Wildman–Crippen LogP) is 3.82. The van der Waals surface area contributed by atoms with Gasteiger partial charge < -0.3 is 20.3 Å². The van der Waals surface area contributed by atoms with E-state index in [0.717, 1.165) is 30.4 Å². The van der Waals surface area contributed by atoms with Crippen molar-refractivity contribution < 1.29 is 4.74 Å². The lowest BCUT2D eigenvalue weighted by molar-refractivity contribution is 0.416. The number of aryl methyl sites for hydroxylation is 2. The molecule has 5 rings (SSSR count). The van der Waals surface area contributed by atoms with Crippen LogP contribution in [0.2, 0.25) is 0 Å². The van der Waals surface area contributed by atoms with Crippen LogP contribution in [0.5, 0.6) is 5.75 Å². The third-order valence-electron chi connectivity index (χ3n) is 6.24. The van der Waals surface area contributed by atoms with E-state index in [9.17, 15) is 0 Å². The van der Waals surface area contributed by atoms with Crippen molar-refractivity contribution in [3.8, 4) is 5.75 Å². The van der Waals surface area contributed by atoms with Crippen LogP contribution in [-0.2, 0) is 6.42 Å². The number of methoxy groups -OCH3 is 1. The average molecular weight is 349 g/mol. The van der Waals surface area contributed by atoms with Crippen molar-refractivity contribution in [2.24, 2.45) is 5.92 Å². The van der Waals surface area contributed by atoms with Gasteiger partial charge in [0.2, 0.25) is 0 Å². The summed E-state index contributed by atoms with van der Waals surface area (Å²) in [5.74, 6) is 2.29. The zero-order valence-electron chi connectivity index (χ0n) is 15.6. The Kier molecular flexibility index (Phi) is 3.82. The lowest BCUT2D eigenvalue weighted by Crippen LogP contribution is -2.41. The van der Waals surface area contributed by atoms with E-state index in [1.165, 1.54) is 54.0 Å². The van der Waals surface area contributed by atoms with Crippen molar-refractivity contribution >= 4 is 17.1 Å². The van der Waals surface area contributed by atoms with Crippen molar-refractivity contribution in [1.82, 2.24) is 5.32 Å². The molecular formula is C22H27N3O. The molecule has 0 bridgehead atoms. The molecule has 4 nitrogen and oxygen atoms in total. The van der Waals surface area contributed by atoms with Gasteiger partial charge in [-0.1, -0.05) is 6.07 Å². The van der Waals surface area contributed by atoms with Gasteiger partial charge in [0.1, 0.15) is 5.75 Å². The summed E-state index contributed by atoms with van der Waals surface area (Å²) in [6.07, 6.45) is 2.44. The highest BCUT2D eigenvalue weighted by atomic mass is 16.5. The molecule has 1 fully saturated rings. The summed E-state index contributed by atoms with van der Waals surface area (Å²) in [6, 6.07) is 11.0. The van der Waals surface area contributed by atoms with Gasteiger partial charge in [-0.05, 0) is 66.6 Å². The largest absolute Gasteiger partial charge is 0.495 e. The zero-order valence-corrected chi connectivity index (χ0v) is 15.6. The SMILES string of the molecule is COc1ccc(C)cc1Nc1cc2c3c(c1)C1CNCC1CN3CCC2. The Morgan fingerprint density at radius 3 is 3.00 bits per heavy atom. The number of hydrogen-bond donors (Lipinski definition) is 2. The molecule has 3 heterocycles. The van der Waals surface area contributed by atoms with Crippen LogP contribution in [-0.4, -0.2) is 33.3 Å². The average Bonchev–Trinajstić information content (AvgIpc) is 3.11. The molecule has 0 saturated carbocycles. The number of benzene rings is 2. The zero-order chi connectivity index (χ0) is 17.7. The normalized spacial score (nSPS) is 23.4. The molecule has 4 heteroatoms. The molecule has 0 amide bonds. The monoisotopic (exact) mass is 349 g/mol. The highest BCUT2D eigenvalue weighted by Gasteiger charge is 2.38. The number of nitrogens with zero attached hydrogens (tertiary/aromatic N) is 1. The number of fused-ring (bicyclic) bond motifs is 2. The minimum absolute atomic E-state index is 0.652. The minimum atomic E-state index is 0.652. The maximum absolute atomic E-state index is 5.56. The quantitative estimate of drug-likeness (QED) is 0.883. The molecule has 0 radical (unpaired) electrons. The van der Waals surface area contributed by atoms with Gasteiger partial charge in [-0.15, -0.1) is 0 Å². The Labute approximate surface area is 155 Å². The fourth-order valence-electron chi connectivity index (χ4n) is 5.05. The molecule has 2 aromatic rings. The smallest absolute Gasteiger partial charge is 0.142 e. The number of hydrogen-bond acceptors (Lipinski definition) is 4. The van der Waals surface area contributed by atoms with Gasteiger partial charge in [-0.2, -0.15) is 0 Å². The Bertz CT molecular complexity index is 848. The molecule has 26 heavy (non-hydrogen) atoms. The van der Waals surface area contributed by atoms with E-state index < -0.39 is 0 Å². The summed E-state index contributed by atoms with van der Waals surface area (Å²) >= 11 is 0. The van der Waals surface area contributed by atoms with E-state index in [0.29, 0.717) is 5.92 Å². The molecule has 2 aromatic carbocycles. The predicted molar refractivity (Wildman–Crippen MR) is 107 cm³/mol. The van der Waals surface area contributed by atoms with Gasteiger partial charge in [-0.3, -0.25) is 0 Å². The van der Waals surface area contributed by atoms with Crippen molar-refractivity contribution in [1.29, 1.82) is 0 Å². The molecule has 2 atom stereocenters. The second-order valence-corrected chi connectivity index (χ2v) is 7.98. The van der Waals surface area contributed by atoms with Crippen molar-refractivity contribution in [3.63, 3.8) is 0 Å². The van der Waals surface area contributed by atoms with Crippen LogP contribution in [0, 0.1) is 12.8 Å². The molecule has 3 aliphatic heterocycles. The standard InChI is InChI=1S/C22H27N3O/c1-14-5-6-21(26-2)20(8-14)24-17-9-15-4-3-7-25-13-16-11-23-12-19(16)18(10-17)22(15)25/h5-6,8-10,16,19,23-24H,3-4,7,11-13H2,1-2H3. The molecule has 2 unspecified atom stereocenters. The number of rotatable bonds is 3. The fourth-order valence-corrected chi connectivity index (χ4v) is 5.05. The second-order valence-electron chi connectivity index (χ2n) is 7.98. The van der Waals surface area contributed by atoms with E-state index in [1.807, 2.05) is 6.07 Å². The first-order valence-corrected chi connectivity index (χ1v) is 9.77. The van der Waals surface area contributed by atoms with Gasteiger partial charge in [0.25, 0.3) is 0 Å². The Balaban J connectivity index is 1.58. The van der Waals surface area contributed by atoms with E-state index in [-0.39, 0.29) is 0 Å². The van der Waals surface area contributed by atoms with Crippen LogP contribution in [0.4, 0.5) is 17.1 Å². The molecule has 136 valence electrons. The third kappa shape index (κ3) is 2.55. The van der Waals surface area contributed by atoms with Crippen LogP contribution in [0.25, 0.3) is 0 Å². The lowest BCUT2D eigenvalue weighted by Gasteiger charge is -2.42. The molecule has 1 saturated heterocycles. The number of ether oxygens (including phenoxy) is 1. The fraction of sp³-hybridized carbons (Fsp3) is 0.455. The molecule has 2 N–H and O–H groups in total. The van der Waals surface area contributed by atoms with E-state index in [4.69, 9.17) is 4.74 Å². The van der Waals surface area contributed by atoms with Crippen LogP contribution < -0.4 is 20.3 Å².